The number of hydrogen-bond acceptors (Lipinski definition) is 4. The van der Waals surface area contributed by atoms with Crippen LogP contribution in [0.3, 0.4) is 0 Å². The summed E-state index contributed by atoms with van der Waals surface area (Å²) in [5, 5.41) is 10.3. The van der Waals surface area contributed by atoms with Crippen molar-refractivity contribution in [2.45, 2.75) is 0 Å². The molecular formula is C10H6ClNO2S. The fraction of sp³-hybridized carbons (Fsp3) is 0. The molecule has 0 saturated carbocycles. The van der Waals surface area contributed by atoms with Crippen LogP contribution in [0.4, 0.5) is 0 Å². The first-order chi connectivity index (χ1) is 7.15. The lowest BCUT2D eigenvalue weighted by atomic mass is 10.2. The average Bonchev–Trinajstić information content (AvgIpc) is 2.17. The molecule has 76 valence electrons. The zero-order valence-electron chi connectivity index (χ0n) is 7.48. The van der Waals surface area contributed by atoms with Gasteiger partial charge in [-0.15, -0.1) is 0 Å². The fourth-order valence-electron chi connectivity index (χ4n) is 1.11. The lowest BCUT2D eigenvalue weighted by Crippen LogP contribution is -1.94. The lowest BCUT2D eigenvalue weighted by molar-refractivity contribution is 0.454. The van der Waals surface area contributed by atoms with Crippen LogP contribution >= 0.6 is 22.9 Å². The van der Waals surface area contributed by atoms with Crippen molar-refractivity contribution in [2.75, 3.05) is 0 Å². The van der Waals surface area contributed by atoms with Gasteiger partial charge in [0.1, 0.15) is 5.01 Å². The molecule has 0 saturated heterocycles. The van der Waals surface area contributed by atoms with E-state index in [1.54, 1.807) is 24.3 Å². The molecule has 2 rings (SSSR count). The predicted molar refractivity (Wildman–Crippen MR) is 60.5 cm³/mol. The highest BCUT2D eigenvalue weighted by atomic mass is 35.5. The number of rotatable bonds is 1. The number of aromatic hydroxyl groups is 1. The second-order valence-corrected chi connectivity index (χ2v) is 4.28. The molecule has 2 aromatic rings. The van der Waals surface area contributed by atoms with Gasteiger partial charge >= 0.3 is 0 Å². The topological polar surface area (TPSA) is 50.2 Å². The van der Waals surface area contributed by atoms with Crippen molar-refractivity contribution in [3.63, 3.8) is 0 Å². The van der Waals surface area contributed by atoms with E-state index < -0.39 is 0 Å². The minimum Gasteiger partial charge on any atom is -0.493 e. The Bertz CT molecular complexity index is 536. The van der Waals surface area contributed by atoms with Crippen LogP contribution in [0.15, 0.2) is 35.1 Å². The van der Waals surface area contributed by atoms with Gasteiger partial charge in [-0.1, -0.05) is 35.1 Å². The lowest BCUT2D eigenvalue weighted by Gasteiger charge is -1.99. The highest BCUT2D eigenvalue weighted by Crippen LogP contribution is 2.22. The zero-order valence-corrected chi connectivity index (χ0v) is 9.05. The summed E-state index contributed by atoms with van der Waals surface area (Å²) in [7, 11) is 0. The SMILES string of the molecule is O=c1cc(O)nc(-c2ccc(Cl)cc2)s1. The summed E-state index contributed by atoms with van der Waals surface area (Å²) >= 11 is 6.71. The maximum Gasteiger partial charge on any atom is 0.239 e. The van der Waals surface area contributed by atoms with Crippen molar-refractivity contribution in [1.29, 1.82) is 0 Å². The van der Waals surface area contributed by atoms with Gasteiger partial charge in [-0.3, -0.25) is 4.79 Å². The maximum atomic E-state index is 11.1. The third kappa shape index (κ3) is 2.34. The number of aromatic nitrogens is 1. The molecule has 0 spiro atoms. The second-order valence-electron chi connectivity index (χ2n) is 2.85. The standard InChI is InChI=1S/C10H6ClNO2S/c11-7-3-1-6(2-4-7)10-12-8(13)5-9(14)15-10/h1-5,13H. The van der Waals surface area contributed by atoms with Crippen molar-refractivity contribution in [3.8, 4) is 16.5 Å². The molecule has 0 bridgehead atoms. The summed E-state index contributed by atoms with van der Waals surface area (Å²) < 4.78 is -0.229. The Hall–Kier alpha value is -1.39. The number of halogens is 1. The zero-order chi connectivity index (χ0) is 10.8. The first kappa shape index (κ1) is 10.1. The van der Waals surface area contributed by atoms with Crippen LogP contribution in [0.2, 0.25) is 5.02 Å². The summed E-state index contributed by atoms with van der Waals surface area (Å²) in [5.41, 5.74) is 0.761. The van der Waals surface area contributed by atoms with Gasteiger partial charge in [0.05, 0.1) is 6.07 Å². The molecule has 0 aliphatic rings. The Morgan fingerprint density at radius 3 is 2.53 bits per heavy atom. The largest absolute Gasteiger partial charge is 0.493 e. The van der Waals surface area contributed by atoms with Gasteiger partial charge in [0.25, 0.3) is 0 Å². The summed E-state index contributed by atoms with van der Waals surface area (Å²) in [6.07, 6.45) is 0. The second kappa shape index (κ2) is 4.00. The van der Waals surface area contributed by atoms with Crippen LogP contribution in [0.5, 0.6) is 5.88 Å². The molecule has 1 heterocycles. The molecule has 0 aliphatic heterocycles. The molecule has 15 heavy (non-hydrogen) atoms. The third-order valence-electron chi connectivity index (χ3n) is 1.75. The van der Waals surface area contributed by atoms with E-state index in [4.69, 9.17) is 11.6 Å². The first-order valence-corrected chi connectivity index (χ1v) is 5.32. The van der Waals surface area contributed by atoms with Gasteiger partial charge in [0, 0.05) is 10.6 Å². The summed E-state index contributed by atoms with van der Waals surface area (Å²) in [6.45, 7) is 0. The summed E-state index contributed by atoms with van der Waals surface area (Å²) in [6, 6.07) is 8.00. The van der Waals surface area contributed by atoms with Gasteiger partial charge in [-0.05, 0) is 12.1 Å². The van der Waals surface area contributed by atoms with E-state index in [1.165, 1.54) is 0 Å². The smallest absolute Gasteiger partial charge is 0.239 e. The Labute approximate surface area is 94.6 Å². The molecular weight excluding hydrogens is 234 g/mol. The van der Waals surface area contributed by atoms with Gasteiger partial charge in [0.15, 0.2) is 0 Å². The highest BCUT2D eigenvalue weighted by Gasteiger charge is 2.03. The quantitative estimate of drug-likeness (QED) is 0.832. The van der Waals surface area contributed by atoms with Crippen molar-refractivity contribution in [3.05, 3.63) is 44.9 Å². The van der Waals surface area contributed by atoms with Crippen LogP contribution in [0, 0.1) is 0 Å². The third-order valence-corrected chi connectivity index (χ3v) is 2.84. The Morgan fingerprint density at radius 2 is 1.93 bits per heavy atom. The molecule has 0 unspecified atom stereocenters. The van der Waals surface area contributed by atoms with E-state index in [0.717, 1.165) is 23.0 Å². The average molecular weight is 240 g/mol. The molecule has 1 aromatic carbocycles. The van der Waals surface area contributed by atoms with Gasteiger partial charge in [0.2, 0.25) is 10.6 Å². The van der Waals surface area contributed by atoms with E-state index in [9.17, 15) is 9.90 Å². The molecule has 1 aromatic heterocycles. The number of nitrogens with zero attached hydrogens (tertiary/aromatic N) is 1. The summed E-state index contributed by atoms with van der Waals surface area (Å²) in [4.78, 5) is 15.0. The van der Waals surface area contributed by atoms with Crippen molar-refractivity contribution >= 4 is 22.9 Å². The molecule has 1 N–H and O–H groups in total. The Morgan fingerprint density at radius 1 is 1.27 bits per heavy atom. The van der Waals surface area contributed by atoms with Crippen molar-refractivity contribution in [1.82, 2.24) is 4.98 Å². The van der Waals surface area contributed by atoms with E-state index in [2.05, 4.69) is 4.98 Å². The molecule has 3 nitrogen and oxygen atoms in total. The molecule has 5 heteroatoms. The van der Waals surface area contributed by atoms with Crippen LogP contribution in [-0.2, 0) is 0 Å². The molecule has 0 aliphatic carbocycles. The normalized spacial score (nSPS) is 10.2. The minimum atomic E-state index is -0.260. The highest BCUT2D eigenvalue weighted by molar-refractivity contribution is 7.12. The Balaban J connectivity index is 2.54. The predicted octanol–water partition coefficient (Wildman–Crippen LogP) is 2.53. The van der Waals surface area contributed by atoms with Crippen molar-refractivity contribution < 1.29 is 5.11 Å². The first-order valence-electron chi connectivity index (χ1n) is 4.12. The summed E-state index contributed by atoms with van der Waals surface area (Å²) in [5.74, 6) is -0.260. The molecule has 0 radical (unpaired) electrons. The Kier molecular flexibility index (Phi) is 2.70. The van der Waals surface area contributed by atoms with Crippen molar-refractivity contribution in [2.24, 2.45) is 0 Å². The van der Waals surface area contributed by atoms with E-state index >= 15 is 0 Å². The van der Waals surface area contributed by atoms with Gasteiger partial charge < -0.3 is 5.11 Å². The molecule has 0 atom stereocenters. The number of benzene rings is 1. The van der Waals surface area contributed by atoms with Crippen LogP contribution in [-0.4, -0.2) is 10.1 Å². The van der Waals surface area contributed by atoms with E-state index in [1.807, 2.05) is 0 Å². The van der Waals surface area contributed by atoms with Gasteiger partial charge in [-0.2, -0.15) is 0 Å². The molecule has 0 amide bonds. The maximum absolute atomic E-state index is 11.1. The van der Waals surface area contributed by atoms with Crippen LogP contribution in [0.25, 0.3) is 10.6 Å². The van der Waals surface area contributed by atoms with E-state index in [-0.39, 0.29) is 10.6 Å². The monoisotopic (exact) mass is 239 g/mol. The van der Waals surface area contributed by atoms with E-state index in [0.29, 0.717) is 10.0 Å². The van der Waals surface area contributed by atoms with Crippen LogP contribution in [0.1, 0.15) is 0 Å². The van der Waals surface area contributed by atoms with Gasteiger partial charge in [-0.25, -0.2) is 4.98 Å². The number of hydrogen-bond donors (Lipinski definition) is 1. The van der Waals surface area contributed by atoms with Crippen LogP contribution < -0.4 is 4.74 Å². The minimum absolute atomic E-state index is 0.229. The fourth-order valence-corrected chi connectivity index (χ4v) is 1.98. The molecule has 0 fully saturated rings.